The summed E-state index contributed by atoms with van der Waals surface area (Å²) in [5, 5.41) is 11.4. The minimum Gasteiger partial charge on any atom is -0.304 e. The van der Waals surface area contributed by atoms with E-state index in [1.54, 1.807) is 10.9 Å². The van der Waals surface area contributed by atoms with E-state index in [1.807, 2.05) is 13.1 Å². The van der Waals surface area contributed by atoms with Gasteiger partial charge >= 0.3 is 0 Å². The lowest BCUT2D eigenvalue weighted by molar-refractivity contribution is 0.404. The summed E-state index contributed by atoms with van der Waals surface area (Å²) in [5.41, 5.74) is 2.42. The monoisotopic (exact) mass is 244 g/mol. The average Bonchev–Trinajstić information content (AvgIpc) is 2.76. The third-order valence-electron chi connectivity index (χ3n) is 3.14. The Morgan fingerprint density at radius 3 is 2.50 bits per heavy atom. The van der Waals surface area contributed by atoms with Gasteiger partial charge in [0, 0.05) is 19.6 Å². The van der Waals surface area contributed by atoms with Crippen LogP contribution in [0.3, 0.4) is 0 Å². The highest BCUT2D eigenvalue weighted by molar-refractivity contribution is 5.19. The van der Waals surface area contributed by atoms with Crippen LogP contribution in [0.15, 0.2) is 36.5 Å². The van der Waals surface area contributed by atoms with Crippen molar-refractivity contribution >= 4 is 0 Å². The molecule has 0 fully saturated rings. The zero-order chi connectivity index (χ0) is 13.0. The molecule has 18 heavy (non-hydrogen) atoms. The van der Waals surface area contributed by atoms with Gasteiger partial charge < -0.3 is 5.32 Å². The summed E-state index contributed by atoms with van der Waals surface area (Å²) >= 11 is 0. The summed E-state index contributed by atoms with van der Waals surface area (Å²) in [6.45, 7) is 5.24. The van der Waals surface area contributed by atoms with E-state index in [0.717, 1.165) is 12.2 Å². The summed E-state index contributed by atoms with van der Waals surface area (Å²) in [4.78, 5) is 0. The summed E-state index contributed by atoms with van der Waals surface area (Å²) in [6, 6.07) is 10.9. The first kappa shape index (κ1) is 12.8. The van der Waals surface area contributed by atoms with Crippen molar-refractivity contribution < 1.29 is 0 Å². The average molecular weight is 244 g/mol. The van der Waals surface area contributed by atoms with Crippen LogP contribution in [-0.4, -0.2) is 15.0 Å². The molecule has 0 spiro atoms. The molecule has 4 nitrogen and oxygen atoms in total. The molecule has 1 aromatic heterocycles. The molecule has 0 amide bonds. The lowest BCUT2D eigenvalue weighted by Crippen LogP contribution is -2.26. The topological polar surface area (TPSA) is 42.7 Å². The van der Waals surface area contributed by atoms with Gasteiger partial charge in [0.1, 0.15) is 0 Å². The van der Waals surface area contributed by atoms with Crippen molar-refractivity contribution in [1.82, 2.24) is 20.3 Å². The van der Waals surface area contributed by atoms with Crippen LogP contribution < -0.4 is 5.32 Å². The Kier molecular flexibility index (Phi) is 4.10. The van der Waals surface area contributed by atoms with Gasteiger partial charge in [-0.15, -0.1) is 5.10 Å². The maximum absolute atomic E-state index is 3.94. The second-order valence-corrected chi connectivity index (χ2v) is 4.86. The number of hydrogen-bond acceptors (Lipinski definition) is 3. The summed E-state index contributed by atoms with van der Waals surface area (Å²) in [5.74, 6) is 0.536. The Labute approximate surface area is 108 Å². The normalized spacial score (nSPS) is 12.9. The zero-order valence-electron chi connectivity index (χ0n) is 11.2. The Morgan fingerprint density at radius 1 is 1.22 bits per heavy atom. The first-order chi connectivity index (χ1) is 8.68. The fraction of sp³-hybridized carbons (Fsp3) is 0.429. The first-order valence-corrected chi connectivity index (χ1v) is 6.30. The number of nitrogens with one attached hydrogen (secondary N) is 1. The number of benzene rings is 1. The van der Waals surface area contributed by atoms with Crippen molar-refractivity contribution in [3.05, 3.63) is 47.8 Å². The molecule has 0 saturated carbocycles. The summed E-state index contributed by atoms with van der Waals surface area (Å²) < 4.78 is 1.80. The van der Waals surface area contributed by atoms with E-state index < -0.39 is 0 Å². The van der Waals surface area contributed by atoms with Crippen LogP contribution in [-0.2, 0) is 13.6 Å². The van der Waals surface area contributed by atoms with Crippen LogP contribution in [0.2, 0.25) is 0 Å². The third-order valence-corrected chi connectivity index (χ3v) is 3.14. The second-order valence-electron chi connectivity index (χ2n) is 4.86. The smallest absolute Gasteiger partial charge is 0.0738 e. The van der Waals surface area contributed by atoms with Crippen LogP contribution in [0.4, 0.5) is 0 Å². The molecule has 2 rings (SSSR count). The lowest BCUT2D eigenvalue weighted by atomic mass is 9.96. The number of rotatable bonds is 5. The molecule has 1 N–H and O–H groups in total. The minimum absolute atomic E-state index is 0.348. The van der Waals surface area contributed by atoms with Gasteiger partial charge in [-0.3, -0.25) is 4.68 Å². The minimum atomic E-state index is 0.348. The van der Waals surface area contributed by atoms with Crippen LogP contribution in [0, 0.1) is 5.92 Å². The second kappa shape index (κ2) is 5.78. The van der Waals surface area contributed by atoms with Gasteiger partial charge in [0.15, 0.2) is 0 Å². The molecule has 96 valence electrons. The van der Waals surface area contributed by atoms with Crippen molar-refractivity contribution in [3.8, 4) is 0 Å². The quantitative estimate of drug-likeness (QED) is 0.877. The van der Waals surface area contributed by atoms with Gasteiger partial charge in [0.2, 0.25) is 0 Å². The Hall–Kier alpha value is -1.68. The molecule has 1 atom stereocenters. The van der Waals surface area contributed by atoms with E-state index in [4.69, 9.17) is 0 Å². The number of nitrogens with zero attached hydrogens (tertiary/aromatic N) is 3. The predicted molar refractivity (Wildman–Crippen MR) is 71.9 cm³/mol. The van der Waals surface area contributed by atoms with Crippen LogP contribution >= 0.6 is 0 Å². The highest BCUT2D eigenvalue weighted by Gasteiger charge is 2.15. The molecular weight excluding hydrogens is 224 g/mol. The molecule has 0 aliphatic carbocycles. The fourth-order valence-electron chi connectivity index (χ4n) is 2.08. The van der Waals surface area contributed by atoms with Crippen molar-refractivity contribution in [2.45, 2.75) is 26.4 Å². The molecule has 0 bridgehead atoms. The highest BCUT2D eigenvalue weighted by atomic mass is 15.4. The van der Waals surface area contributed by atoms with E-state index in [-0.39, 0.29) is 0 Å². The maximum atomic E-state index is 3.94. The molecule has 0 saturated heterocycles. The van der Waals surface area contributed by atoms with Crippen molar-refractivity contribution in [2.75, 3.05) is 0 Å². The van der Waals surface area contributed by atoms with Gasteiger partial charge in [-0.1, -0.05) is 49.4 Å². The molecular formula is C14H20N4. The van der Waals surface area contributed by atoms with E-state index >= 15 is 0 Å². The summed E-state index contributed by atoms with van der Waals surface area (Å²) in [7, 11) is 1.91. The Morgan fingerprint density at radius 2 is 1.94 bits per heavy atom. The standard InChI is InChI=1S/C14H20N4/c1-11(2)14(12-7-5-4-6-8-12)15-9-13-10-16-17-18(13)3/h4-8,10-11,14-15H,9H2,1-3H3. The molecule has 1 unspecified atom stereocenters. The van der Waals surface area contributed by atoms with Crippen molar-refractivity contribution in [2.24, 2.45) is 13.0 Å². The molecule has 0 aliphatic heterocycles. The molecule has 2 aromatic rings. The fourth-order valence-corrected chi connectivity index (χ4v) is 2.08. The number of hydrogen-bond donors (Lipinski definition) is 1. The molecule has 1 aromatic carbocycles. The maximum Gasteiger partial charge on any atom is 0.0738 e. The van der Waals surface area contributed by atoms with E-state index in [2.05, 4.69) is 53.7 Å². The van der Waals surface area contributed by atoms with Crippen molar-refractivity contribution in [3.63, 3.8) is 0 Å². The van der Waals surface area contributed by atoms with Gasteiger partial charge in [-0.2, -0.15) is 0 Å². The lowest BCUT2D eigenvalue weighted by Gasteiger charge is -2.22. The SMILES string of the molecule is CC(C)C(NCc1cnnn1C)c1ccccc1. The van der Waals surface area contributed by atoms with Gasteiger partial charge in [-0.05, 0) is 11.5 Å². The highest BCUT2D eigenvalue weighted by Crippen LogP contribution is 2.21. The number of aryl methyl sites for hydroxylation is 1. The van der Waals surface area contributed by atoms with Crippen molar-refractivity contribution in [1.29, 1.82) is 0 Å². The van der Waals surface area contributed by atoms with Crippen LogP contribution in [0.5, 0.6) is 0 Å². The molecule has 0 radical (unpaired) electrons. The Balaban J connectivity index is 2.06. The van der Waals surface area contributed by atoms with E-state index in [0.29, 0.717) is 12.0 Å². The van der Waals surface area contributed by atoms with Gasteiger partial charge in [-0.25, -0.2) is 0 Å². The van der Waals surface area contributed by atoms with E-state index in [9.17, 15) is 0 Å². The third kappa shape index (κ3) is 2.96. The largest absolute Gasteiger partial charge is 0.304 e. The molecule has 1 heterocycles. The number of aromatic nitrogens is 3. The Bertz CT molecular complexity index is 476. The van der Waals surface area contributed by atoms with Crippen LogP contribution in [0.25, 0.3) is 0 Å². The molecule has 4 heteroatoms. The summed E-state index contributed by atoms with van der Waals surface area (Å²) in [6.07, 6.45) is 1.80. The molecule has 0 aliphatic rings. The predicted octanol–water partition coefficient (Wildman–Crippen LogP) is 2.30. The van der Waals surface area contributed by atoms with E-state index in [1.165, 1.54) is 5.56 Å². The van der Waals surface area contributed by atoms with Gasteiger partial charge in [0.05, 0.1) is 11.9 Å². The zero-order valence-corrected chi connectivity index (χ0v) is 11.2. The van der Waals surface area contributed by atoms with Crippen LogP contribution in [0.1, 0.15) is 31.1 Å². The van der Waals surface area contributed by atoms with Gasteiger partial charge in [0.25, 0.3) is 0 Å². The first-order valence-electron chi connectivity index (χ1n) is 6.30.